The van der Waals surface area contributed by atoms with Crippen molar-refractivity contribution in [1.82, 2.24) is 9.13 Å². The minimum absolute atomic E-state index is 0.472. The van der Waals surface area contributed by atoms with Crippen molar-refractivity contribution < 1.29 is 0 Å². The zero-order valence-electron chi connectivity index (χ0n) is 31.2. The lowest BCUT2D eigenvalue weighted by molar-refractivity contribution is 0.769. The van der Waals surface area contributed by atoms with Crippen molar-refractivity contribution in [2.75, 3.05) is 0 Å². The fourth-order valence-electron chi connectivity index (χ4n) is 10.1. The number of benzene rings is 9. The van der Waals surface area contributed by atoms with Gasteiger partial charge in [-0.1, -0.05) is 164 Å². The normalized spacial score (nSPS) is 13.1. The van der Waals surface area contributed by atoms with Gasteiger partial charge in [-0.05, 0) is 93.5 Å². The van der Waals surface area contributed by atoms with Gasteiger partial charge in [-0.3, -0.25) is 0 Å². The Bertz CT molecular complexity index is 3280. The van der Waals surface area contributed by atoms with Crippen LogP contribution in [0.15, 0.2) is 218 Å². The van der Waals surface area contributed by atoms with Crippen LogP contribution in [0.3, 0.4) is 0 Å². The summed E-state index contributed by atoms with van der Waals surface area (Å²) in [5.74, 6) is 0. The molecule has 0 unspecified atom stereocenters. The predicted molar refractivity (Wildman–Crippen MR) is 238 cm³/mol. The Morgan fingerprint density at radius 2 is 0.807 bits per heavy atom. The molecule has 2 heteroatoms. The van der Waals surface area contributed by atoms with Gasteiger partial charge < -0.3 is 9.13 Å². The maximum atomic E-state index is 2.51. The van der Waals surface area contributed by atoms with Gasteiger partial charge in [0.05, 0.1) is 27.5 Å². The zero-order chi connectivity index (χ0) is 37.5. The van der Waals surface area contributed by atoms with E-state index in [-0.39, 0.29) is 0 Å². The number of nitrogens with zero attached hydrogens (tertiary/aromatic N) is 2. The van der Waals surface area contributed by atoms with Crippen molar-refractivity contribution >= 4 is 43.6 Å². The lowest BCUT2D eigenvalue weighted by Gasteiger charge is -2.33. The molecule has 1 aliphatic carbocycles. The molecule has 1 aliphatic rings. The number of para-hydroxylation sites is 3. The van der Waals surface area contributed by atoms with Gasteiger partial charge in [0, 0.05) is 38.5 Å². The van der Waals surface area contributed by atoms with Crippen molar-refractivity contribution in [2.45, 2.75) is 5.41 Å². The standard InChI is InChI=1S/C55H36N2/c1-5-17-39(18-6-1)55(40-19-7-2-8-20-40)48-27-15-13-26-45(48)53-49(55)32-31-44-47-36-38(30-34-52(47)57(54(44)53)42-23-11-4-12-24-42)37-29-33-51-46(35-37)43-25-14-16-28-50(43)56(51)41-21-9-3-10-22-41/h1-36H. The van der Waals surface area contributed by atoms with E-state index in [2.05, 4.69) is 228 Å². The fraction of sp³-hybridized carbons (Fsp3) is 0.0182. The minimum atomic E-state index is -0.472. The average molecular weight is 725 g/mol. The van der Waals surface area contributed by atoms with Crippen molar-refractivity contribution in [3.05, 3.63) is 241 Å². The third-order valence-corrected chi connectivity index (χ3v) is 12.4. The minimum Gasteiger partial charge on any atom is -0.309 e. The first kappa shape index (κ1) is 31.9. The van der Waals surface area contributed by atoms with Gasteiger partial charge in [0.25, 0.3) is 0 Å². The van der Waals surface area contributed by atoms with E-state index in [1.165, 1.54) is 93.8 Å². The Morgan fingerprint density at radius 3 is 1.46 bits per heavy atom. The van der Waals surface area contributed by atoms with Gasteiger partial charge >= 0.3 is 0 Å². The summed E-state index contributed by atoms with van der Waals surface area (Å²) in [6, 6.07) is 80.4. The first-order valence-corrected chi connectivity index (χ1v) is 19.8. The number of rotatable bonds is 5. The molecule has 0 fully saturated rings. The van der Waals surface area contributed by atoms with E-state index in [1.807, 2.05) is 0 Å². The Kier molecular flexibility index (Phi) is 6.88. The highest BCUT2D eigenvalue weighted by Gasteiger charge is 2.47. The molecule has 0 N–H and O–H groups in total. The number of aromatic nitrogens is 2. The van der Waals surface area contributed by atoms with Crippen LogP contribution in [0.5, 0.6) is 0 Å². The smallest absolute Gasteiger partial charge is 0.0714 e. The molecule has 0 amide bonds. The summed E-state index contributed by atoms with van der Waals surface area (Å²) in [5.41, 5.74) is 16.9. The number of hydrogen-bond acceptors (Lipinski definition) is 0. The molecular formula is C55H36N2. The second kappa shape index (κ2) is 12.3. The SMILES string of the molecule is c1ccc(-n2c3ccccc3c3cc(-c4ccc5c(c4)c4ccc6c(c4n5-c4ccccc4)-c4ccccc4C6(c4ccccc4)c4ccccc4)ccc32)cc1. The van der Waals surface area contributed by atoms with Crippen LogP contribution >= 0.6 is 0 Å². The van der Waals surface area contributed by atoms with Crippen molar-refractivity contribution in [1.29, 1.82) is 0 Å². The monoisotopic (exact) mass is 724 g/mol. The Labute approximate surface area is 331 Å². The Balaban J connectivity index is 1.15. The highest BCUT2D eigenvalue weighted by atomic mass is 15.0. The van der Waals surface area contributed by atoms with E-state index in [9.17, 15) is 0 Å². The van der Waals surface area contributed by atoms with Crippen LogP contribution in [0.25, 0.3) is 77.2 Å². The zero-order valence-corrected chi connectivity index (χ0v) is 31.2. The predicted octanol–water partition coefficient (Wildman–Crippen LogP) is 13.9. The second-order valence-corrected chi connectivity index (χ2v) is 15.2. The molecule has 0 saturated carbocycles. The molecule has 11 aromatic rings. The molecule has 57 heavy (non-hydrogen) atoms. The highest BCUT2D eigenvalue weighted by molar-refractivity contribution is 6.17. The van der Waals surface area contributed by atoms with Crippen LogP contribution in [0, 0.1) is 0 Å². The molecule has 12 rings (SSSR count). The van der Waals surface area contributed by atoms with Crippen molar-refractivity contribution in [2.24, 2.45) is 0 Å². The van der Waals surface area contributed by atoms with Crippen LogP contribution < -0.4 is 0 Å². The summed E-state index contributed by atoms with van der Waals surface area (Å²) in [6.45, 7) is 0. The topological polar surface area (TPSA) is 9.86 Å². The first-order chi connectivity index (χ1) is 28.3. The summed E-state index contributed by atoms with van der Waals surface area (Å²) in [5, 5.41) is 5.01. The maximum Gasteiger partial charge on any atom is 0.0714 e. The summed E-state index contributed by atoms with van der Waals surface area (Å²) >= 11 is 0. The highest BCUT2D eigenvalue weighted by Crippen LogP contribution is 2.58. The lowest BCUT2D eigenvalue weighted by Crippen LogP contribution is -2.28. The molecule has 0 bridgehead atoms. The van der Waals surface area contributed by atoms with E-state index in [1.54, 1.807) is 0 Å². The summed E-state index contributed by atoms with van der Waals surface area (Å²) in [7, 11) is 0. The van der Waals surface area contributed by atoms with Gasteiger partial charge in [-0.15, -0.1) is 0 Å². The molecule has 0 radical (unpaired) electrons. The fourth-order valence-corrected chi connectivity index (χ4v) is 10.1. The molecule has 2 aromatic heterocycles. The molecular weight excluding hydrogens is 689 g/mol. The third kappa shape index (κ3) is 4.47. The molecule has 0 aliphatic heterocycles. The van der Waals surface area contributed by atoms with E-state index in [0.717, 1.165) is 5.69 Å². The molecule has 0 atom stereocenters. The van der Waals surface area contributed by atoms with Gasteiger partial charge in [0.2, 0.25) is 0 Å². The van der Waals surface area contributed by atoms with Gasteiger partial charge in [-0.2, -0.15) is 0 Å². The largest absolute Gasteiger partial charge is 0.309 e. The lowest BCUT2D eigenvalue weighted by atomic mass is 9.67. The van der Waals surface area contributed by atoms with Crippen LogP contribution in [0.1, 0.15) is 22.3 Å². The molecule has 2 nitrogen and oxygen atoms in total. The van der Waals surface area contributed by atoms with Gasteiger partial charge in [-0.25, -0.2) is 0 Å². The van der Waals surface area contributed by atoms with Crippen LogP contribution in [-0.4, -0.2) is 9.13 Å². The summed E-state index contributed by atoms with van der Waals surface area (Å²) in [6.07, 6.45) is 0. The van der Waals surface area contributed by atoms with Crippen LogP contribution in [-0.2, 0) is 5.41 Å². The number of hydrogen-bond donors (Lipinski definition) is 0. The van der Waals surface area contributed by atoms with Gasteiger partial charge in [0.1, 0.15) is 0 Å². The first-order valence-electron chi connectivity index (χ1n) is 19.8. The van der Waals surface area contributed by atoms with Crippen molar-refractivity contribution in [3.8, 4) is 33.6 Å². The summed E-state index contributed by atoms with van der Waals surface area (Å²) in [4.78, 5) is 0. The van der Waals surface area contributed by atoms with E-state index >= 15 is 0 Å². The van der Waals surface area contributed by atoms with Crippen LogP contribution in [0.2, 0.25) is 0 Å². The Hall–Kier alpha value is -7.42. The molecule has 0 spiro atoms. The molecule has 9 aromatic carbocycles. The second-order valence-electron chi connectivity index (χ2n) is 15.2. The van der Waals surface area contributed by atoms with E-state index < -0.39 is 5.41 Å². The molecule has 2 heterocycles. The Morgan fingerprint density at radius 1 is 0.316 bits per heavy atom. The molecule has 266 valence electrons. The average Bonchev–Trinajstić information content (AvgIpc) is 3.91. The maximum absolute atomic E-state index is 2.51. The van der Waals surface area contributed by atoms with Gasteiger partial charge in [0.15, 0.2) is 0 Å². The summed E-state index contributed by atoms with van der Waals surface area (Å²) < 4.78 is 4.89. The third-order valence-electron chi connectivity index (χ3n) is 12.4. The van der Waals surface area contributed by atoms with Crippen LogP contribution in [0.4, 0.5) is 0 Å². The number of fused-ring (bicyclic) bond motifs is 10. The quantitative estimate of drug-likeness (QED) is 0.167. The van der Waals surface area contributed by atoms with Crippen molar-refractivity contribution in [3.63, 3.8) is 0 Å². The van der Waals surface area contributed by atoms with E-state index in [0.29, 0.717) is 0 Å². The van der Waals surface area contributed by atoms with E-state index in [4.69, 9.17) is 0 Å². The molecule has 0 saturated heterocycles.